The van der Waals surface area contributed by atoms with Crippen molar-refractivity contribution in [3.8, 4) is 0 Å². The first kappa shape index (κ1) is 21.3. The maximum absolute atomic E-state index is 12.0. The predicted molar refractivity (Wildman–Crippen MR) is 82.2 cm³/mol. The Balaban J connectivity index is 4.66. The fourth-order valence-electron chi connectivity index (χ4n) is 1.51. The van der Waals surface area contributed by atoms with E-state index < -0.39 is 61.2 Å². The van der Waals surface area contributed by atoms with Crippen molar-refractivity contribution in [1.29, 1.82) is 0 Å². The molecule has 0 bridgehead atoms. The van der Waals surface area contributed by atoms with Crippen LogP contribution in [0.5, 0.6) is 0 Å². The van der Waals surface area contributed by atoms with E-state index in [9.17, 15) is 24.0 Å². The quantitative estimate of drug-likeness (QED) is 0.238. The number of primary amides is 1. The number of carbonyl (C=O) groups excluding carboxylic acids is 4. The van der Waals surface area contributed by atoms with Gasteiger partial charge in [-0.15, -0.1) is 0 Å². The third-order valence-corrected chi connectivity index (χ3v) is 2.92. The van der Waals surface area contributed by atoms with E-state index in [4.69, 9.17) is 16.6 Å². The molecule has 0 aliphatic heterocycles. The summed E-state index contributed by atoms with van der Waals surface area (Å²) < 4.78 is 0. The summed E-state index contributed by atoms with van der Waals surface area (Å²) in [5, 5.41) is 14.9. The van der Waals surface area contributed by atoms with Gasteiger partial charge >= 0.3 is 5.97 Å². The van der Waals surface area contributed by atoms with Crippen molar-refractivity contribution in [2.24, 2.45) is 17.4 Å². The van der Waals surface area contributed by atoms with Crippen molar-refractivity contribution in [3.63, 3.8) is 0 Å². The average Bonchev–Trinajstić information content (AvgIpc) is 2.48. The van der Waals surface area contributed by atoms with Crippen LogP contribution in [0, 0.1) is 5.92 Å². The van der Waals surface area contributed by atoms with E-state index >= 15 is 0 Å². The van der Waals surface area contributed by atoms with Crippen molar-refractivity contribution in [2.75, 3.05) is 13.1 Å². The number of amides is 4. The maximum atomic E-state index is 12.0. The van der Waals surface area contributed by atoms with Crippen LogP contribution in [0.25, 0.3) is 0 Å². The van der Waals surface area contributed by atoms with E-state index in [0.717, 1.165) is 0 Å². The first-order valence-electron chi connectivity index (χ1n) is 7.15. The molecule has 24 heavy (non-hydrogen) atoms. The minimum absolute atomic E-state index is 0.191. The highest BCUT2D eigenvalue weighted by molar-refractivity contribution is 5.94. The first-order valence-corrected chi connectivity index (χ1v) is 7.15. The first-order chi connectivity index (χ1) is 11.0. The van der Waals surface area contributed by atoms with E-state index in [1.165, 1.54) is 0 Å². The molecule has 0 fully saturated rings. The van der Waals surface area contributed by atoms with Gasteiger partial charge in [0.15, 0.2) is 0 Å². The summed E-state index contributed by atoms with van der Waals surface area (Å²) in [5.41, 5.74) is 10.7. The number of aliphatic carboxylic acids is 1. The molecule has 0 heterocycles. The van der Waals surface area contributed by atoms with Gasteiger partial charge in [-0.2, -0.15) is 0 Å². The van der Waals surface area contributed by atoms with Crippen LogP contribution in [-0.2, 0) is 24.0 Å². The summed E-state index contributed by atoms with van der Waals surface area (Å²) in [6.45, 7) is 2.30. The number of nitrogens with one attached hydrogen (secondary N) is 3. The molecule has 136 valence electrons. The molecule has 0 radical (unpaired) electrons. The van der Waals surface area contributed by atoms with E-state index in [1.807, 2.05) is 5.32 Å². The summed E-state index contributed by atoms with van der Waals surface area (Å²) in [6.07, 6.45) is -0.473. The van der Waals surface area contributed by atoms with Crippen LogP contribution in [0.4, 0.5) is 0 Å². The molecule has 0 saturated carbocycles. The molecule has 0 aromatic carbocycles. The van der Waals surface area contributed by atoms with Gasteiger partial charge in [-0.1, -0.05) is 13.8 Å². The zero-order chi connectivity index (χ0) is 18.9. The van der Waals surface area contributed by atoms with Gasteiger partial charge in [-0.3, -0.25) is 24.0 Å². The van der Waals surface area contributed by atoms with Gasteiger partial charge in [0, 0.05) is 0 Å². The predicted octanol–water partition coefficient (Wildman–Crippen LogP) is -3.35. The maximum Gasteiger partial charge on any atom is 0.322 e. The lowest BCUT2D eigenvalue weighted by molar-refractivity contribution is -0.138. The number of carboxylic acids is 1. The smallest absolute Gasteiger partial charge is 0.322 e. The third kappa shape index (κ3) is 8.68. The SMILES string of the molecule is CC(C)C(N)C(=O)NC(CC(N)=O)C(=O)NCC(=O)NCC(=O)O. The Hall–Kier alpha value is -2.69. The summed E-state index contributed by atoms with van der Waals surface area (Å²) in [5.74, 6) is -4.46. The summed E-state index contributed by atoms with van der Waals surface area (Å²) in [7, 11) is 0. The van der Waals surface area contributed by atoms with Crippen LogP contribution in [0.1, 0.15) is 20.3 Å². The van der Waals surface area contributed by atoms with Crippen molar-refractivity contribution < 1.29 is 29.1 Å². The Morgan fingerprint density at radius 2 is 1.58 bits per heavy atom. The third-order valence-electron chi connectivity index (χ3n) is 2.92. The van der Waals surface area contributed by atoms with Crippen molar-refractivity contribution in [1.82, 2.24) is 16.0 Å². The van der Waals surface area contributed by atoms with Gasteiger partial charge in [0.25, 0.3) is 0 Å². The monoisotopic (exact) mass is 345 g/mol. The second-order valence-electron chi connectivity index (χ2n) is 5.39. The molecule has 0 rings (SSSR count). The molecule has 2 atom stereocenters. The number of rotatable bonds is 10. The van der Waals surface area contributed by atoms with E-state index in [2.05, 4.69) is 10.6 Å². The molecule has 11 heteroatoms. The van der Waals surface area contributed by atoms with Crippen LogP contribution < -0.4 is 27.4 Å². The zero-order valence-electron chi connectivity index (χ0n) is 13.5. The van der Waals surface area contributed by atoms with E-state index in [1.54, 1.807) is 13.8 Å². The second kappa shape index (κ2) is 10.2. The van der Waals surface area contributed by atoms with Gasteiger partial charge in [0.1, 0.15) is 12.6 Å². The molecule has 0 saturated heterocycles. The van der Waals surface area contributed by atoms with E-state index in [-0.39, 0.29) is 5.92 Å². The largest absolute Gasteiger partial charge is 0.480 e. The molecule has 0 aromatic heterocycles. The lowest BCUT2D eigenvalue weighted by atomic mass is 10.0. The lowest BCUT2D eigenvalue weighted by Gasteiger charge is -2.21. The van der Waals surface area contributed by atoms with Gasteiger partial charge in [-0.05, 0) is 5.92 Å². The highest BCUT2D eigenvalue weighted by atomic mass is 16.4. The molecule has 0 aliphatic rings. The lowest BCUT2D eigenvalue weighted by Crippen LogP contribution is -2.54. The molecule has 8 N–H and O–H groups in total. The molecular formula is C13H23N5O6. The normalized spacial score (nSPS) is 12.8. The van der Waals surface area contributed by atoms with Gasteiger partial charge in [-0.25, -0.2) is 0 Å². The van der Waals surface area contributed by atoms with Gasteiger partial charge in [0.05, 0.1) is 19.0 Å². The topological polar surface area (TPSA) is 194 Å². The van der Waals surface area contributed by atoms with Gasteiger partial charge in [0.2, 0.25) is 23.6 Å². The standard InChI is InChI=1S/C13H23N5O6/c1-6(2)11(15)13(24)18-7(3-8(14)19)12(23)17-4-9(20)16-5-10(21)22/h6-7,11H,3-5,15H2,1-2H3,(H2,14,19)(H,16,20)(H,17,23)(H,18,24)(H,21,22). The Labute approximate surface area is 138 Å². The number of carbonyl (C=O) groups is 5. The second-order valence-corrected chi connectivity index (χ2v) is 5.39. The average molecular weight is 345 g/mol. The van der Waals surface area contributed by atoms with Crippen LogP contribution >= 0.6 is 0 Å². The molecule has 0 spiro atoms. The van der Waals surface area contributed by atoms with Crippen molar-refractivity contribution in [2.45, 2.75) is 32.4 Å². The molecule has 4 amide bonds. The number of nitrogens with two attached hydrogens (primary N) is 2. The number of hydrogen-bond donors (Lipinski definition) is 6. The Kier molecular flexibility index (Phi) is 9.02. The molecule has 0 aromatic rings. The van der Waals surface area contributed by atoms with E-state index in [0.29, 0.717) is 0 Å². The summed E-state index contributed by atoms with van der Waals surface area (Å²) in [6, 6.07) is -2.17. The Morgan fingerprint density at radius 3 is 2.04 bits per heavy atom. The Morgan fingerprint density at radius 1 is 1.00 bits per heavy atom. The highest BCUT2D eigenvalue weighted by Crippen LogP contribution is 2.00. The molecule has 11 nitrogen and oxygen atoms in total. The molecule has 2 unspecified atom stereocenters. The van der Waals surface area contributed by atoms with Gasteiger partial charge < -0.3 is 32.5 Å². The highest BCUT2D eigenvalue weighted by Gasteiger charge is 2.26. The summed E-state index contributed by atoms with van der Waals surface area (Å²) in [4.78, 5) is 56.5. The Bertz CT molecular complexity index is 507. The van der Waals surface area contributed by atoms with Crippen LogP contribution in [0.3, 0.4) is 0 Å². The van der Waals surface area contributed by atoms with Crippen LogP contribution in [0.15, 0.2) is 0 Å². The van der Waals surface area contributed by atoms with Crippen LogP contribution in [-0.4, -0.2) is 59.9 Å². The minimum atomic E-state index is -1.29. The summed E-state index contributed by atoms with van der Waals surface area (Å²) >= 11 is 0. The fraction of sp³-hybridized carbons (Fsp3) is 0.615. The van der Waals surface area contributed by atoms with Crippen molar-refractivity contribution >= 4 is 29.6 Å². The molecular weight excluding hydrogens is 322 g/mol. The molecule has 0 aliphatic carbocycles. The zero-order valence-corrected chi connectivity index (χ0v) is 13.5. The fourth-order valence-corrected chi connectivity index (χ4v) is 1.51. The van der Waals surface area contributed by atoms with Crippen LogP contribution in [0.2, 0.25) is 0 Å². The number of hydrogen-bond acceptors (Lipinski definition) is 6. The minimum Gasteiger partial charge on any atom is -0.480 e. The van der Waals surface area contributed by atoms with Crippen molar-refractivity contribution in [3.05, 3.63) is 0 Å². The number of carboxylic acid groups (broad SMARTS) is 1.